The van der Waals surface area contributed by atoms with Crippen LogP contribution >= 0.6 is 0 Å². The average Bonchev–Trinajstić information content (AvgIpc) is 3.52. The second-order valence-corrected chi connectivity index (χ2v) is 12.7. The van der Waals surface area contributed by atoms with Crippen LogP contribution in [0.3, 0.4) is 0 Å². The molecule has 2 fully saturated rings. The Labute approximate surface area is 271 Å². The molecule has 2 atom stereocenters. The lowest BCUT2D eigenvalue weighted by Crippen LogP contribution is -2.84. The minimum atomic E-state index is -2.13. The Balaban J connectivity index is 2.33. The van der Waals surface area contributed by atoms with Gasteiger partial charge in [-0.15, -0.1) is 0 Å². The van der Waals surface area contributed by atoms with Crippen LogP contribution in [0.5, 0.6) is 0 Å². The van der Waals surface area contributed by atoms with E-state index >= 15 is 0 Å². The number of hydrogen-bond acceptors (Lipinski definition) is 8. The van der Waals surface area contributed by atoms with Gasteiger partial charge in [0.2, 0.25) is 29.5 Å². The van der Waals surface area contributed by atoms with Crippen LogP contribution in [0, 0.1) is 0 Å². The molecule has 1 saturated heterocycles. The third-order valence-corrected chi connectivity index (χ3v) is 9.31. The number of carbonyl (C=O) groups excluding carboxylic acids is 7. The first kappa shape index (κ1) is 36.9. The fourth-order valence-electron chi connectivity index (χ4n) is 7.01. The van der Waals surface area contributed by atoms with Crippen molar-refractivity contribution >= 4 is 41.4 Å². The number of hydroxylamine groups is 2. The Morgan fingerprint density at radius 3 is 1.80 bits per heavy atom. The molecule has 0 radical (unpaired) electrons. The van der Waals surface area contributed by atoms with Crippen LogP contribution in [-0.2, 0) is 33.6 Å². The average molecular weight is 646 g/mol. The molecule has 3 rings (SSSR count). The van der Waals surface area contributed by atoms with Crippen LogP contribution < -0.4 is 16.0 Å². The molecule has 7 amide bonds. The zero-order valence-corrected chi connectivity index (χ0v) is 27.6. The van der Waals surface area contributed by atoms with Crippen LogP contribution in [-0.4, -0.2) is 73.8 Å². The number of nitrogens with zero attached hydrogens (tertiary/aromatic N) is 2. The summed E-state index contributed by atoms with van der Waals surface area (Å²) in [5, 5.41) is 20.8. The summed E-state index contributed by atoms with van der Waals surface area (Å²) in [4.78, 5) is 95.0. The van der Waals surface area contributed by atoms with Crippen LogP contribution in [0.4, 0.5) is 0 Å². The van der Waals surface area contributed by atoms with Gasteiger partial charge in [-0.2, -0.15) is 0 Å². The summed E-state index contributed by atoms with van der Waals surface area (Å²) in [6, 6.07) is -1.69. The Kier molecular flexibility index (Phi) is 13.5. The molecule has 0 spiro atoms. The van der Waals surface area contributed by atoms with Crippen molar-refractivity contribution in [3.63, 3.8) is 0 Å². The Hall–Kier alpha value is -3.61. The number of rotatable bonds is 18. The van der Waals surface area contributed by atoms with Gasteiger partial charge in [-0.1, -0.05) is 65.7 Å². The number of amides is 7. The van der Waals surface area contributed by atoms with E-state index < -0.39 is 58.6 Å². The van der Waals surface area contributed by atoms with Crippen molar-refractivity contribution in [2.45, 2.75) is 154 Å². The van der Waals surface area contributed by atoms with E-state index in [2.05, 4.69) is 16.0 Å². The van der Waals surface area contributed by atoms with Crippen molar-refractivity contribution in [2.24, 2.45) is 0 Å². The summed E-state index contributed by atoms with van der Waals surface area (Å²) in [5.74, 6) is -4.66. The molecule has 0 aromatic rings. The van der Waals surface area contributed by atoms with E-state index in [1.54, 1.807) is 0 Å². The molecule has 0 bridgehead atoms. The number of imide groups is 2. The molecule has 13 heteroatoms. The third-order valence-electron chi connectivity index (χ3n) is 9.31. The lowest BCUT2D eigenvalue weighted by molar-refractivity contribution is -0.233. The molecular weight excluding hydrogens is 594 g/mol. The van der Waals surface area contributed by atoms with Gasteiger partial charge in [-0.3, -0.25) is 49.0 Å². The monoisotopic (exact) mass is 645 g/mol. The van der Waals surface area contributed by atoms with Crippen molar-refractivity contribution in [1.82, 2.24) is 25.9 Å². The van der Waals surface area contributed by atoms with Gasteiger partial charge in [-0.25, -0.2) is 5.06 Å². The van der Waals surface area contributed by atoms with E-state index in [0.29, 0.717) is 43.6 Å². The number of nitrogens with one attached hydrogen (secondary N) is 3. The van der Waals surface area contributed by atoms with E-state index in [1.165, 1.54) is 0 Å². The quantitative estimate of drug-likeness (QED) is 0.0576. The summed E-state index contributed by atoms with van der Waals surface area (Å²) >= 11 is 0. The summed E-state index contributed by atoms with van der Waals surface area (Å²) in [6.07, 6.45) is 7.65. The van der Waals surface area contributed by atoms with Crippen LogP contribution in [0.15, 0.2) is 11.6 Å². The molecule has 0 aromatic carbocycles. The molecular formula is C33H51N5O8. The lowest BCUT2D eigenvalue weighted by Gasteiger charge is -2.60. The zero-order chi connectivity index (χ0) is 33.9. The van der Waals surface area contributed by atoms with Crippen molar-refractivity contribution in [3.8, 4) is 0 Å². The predicted octanol–water partition coefficient (Wildman–Crippen LogP) is 3.29. The standard InChI is InChI=1S/C33H51N5O8/c1-4-7-10-15-24(39)35-33(36-25(40)16-11-8-5-2)21-14-13-20-32(33,38(46)29(44)17-12-9-6-3)30(23-22-26(41)34-31(23)45)37-27(42)18-19-28(37)43/h22,30,46H,4-21H2,1-3H3,(H,35,39)(H,36,40)(H,34,41,45). The zero-order valence-electron chi connectivity index (χ0n) is 27.6. The molecule has 13 nitrogen and oxygen atoms in total. The fourth-order valence-corrected chi connectivity index (χ4v) is 7.01. The van der Waals surface area contributed by atoms with Crippen LogP contribution in [0.2, 0.25) is 0 Å². The second kappa shape index (κ2) is 16.8. The number of carbonyl (C=O) groups is 7. The highest BCUT2D eigenvalue weighted by molar-refractivity contribution is 6.18. The molecule has 3 aliphatic rings. The van der Waals surface area contributed by atoms with Gasteiger partial charge in [0, 0.05) is 43.8 Å². The van der Waals surface area contributed by atoms with E-state index in [4.69, 9.17) is 0 Å². The molecule has 46 heavy (non-hydrogen) atoms. The maximum Gasteiger partial charge on any atom is 0.256 e. The Bertz CT molecular complexity index is 1180. The van der Waals surface area contributed by atoms with Gasteiger partial charge in [-0.05, 0) is 38.5 Å². The highest BCUT2D eigenvalue weighted by Crippen LogP contribution is 2.48. The molecule has 256 valence electrons. The smallest absolute Gasteiger partial charge is 0.256 e. The van der Waals surface area contributed by atoms with Crippen molar-refractivity contribution in [1.29, 1.82) is 0 Å². The minimum absolute atomic E-state index is 0.0287. The van der Waals surface area contributed by atoms with Crippen molar-refractivity contribution < 1.29 is 38.8 Å². The number of likely N-dealkylation sites (tertiary alicyclic amines) is 1. The summed E-state index contributed by atoms with van der Waals surface area (Å²) in [7, 11) is 0. The molecule has 2 unspecified atom stereocenters. The molecule has 0 aromatic heterocycles. The largest absolute Gasteiger partial charge is 0.331 e. The van der Waals surface area contributed by atoms with Crippen molar-refractivity contribution in [2.75, 3.05) is 0 Å². The SMILES string of the molecule is CCCCCC(=O)NC1(NC(=O)CCCCC)CCCCC1(C(C1=CC(=O)NC1=O)N1C(=O)CCC1=O)N(O)C(=O)CCCCC. The van der Waals surface area contributed by atoms with Gasteiger partial charge in [0.25, 0.3) is 11.8 Å². The van der Waals surface area contributed by atoms with Gasteiger partial charge in [0.1, 0.15) is 17.2 Å². The summed E-state index contributed by atoms with van der Waals surface area (Å²) in [5.41, 5.74) is -4.34. The van der Waals surface area contributed by atoms with E-state index in [1.807, 2.05) is 20.8 Å². The highest BCUT2D eigenvalue weighted by atomic mass is 16.5. The van der Waals surface area contributed by atoms with Gasteiger partial charge in [0.05, 0.1) is 0 Å². The maximum absolute atomic E-state index is 13.9. The van der Waals surface area contributed by atoms with E-state index in [0.717, 1.165) is 43.1 Å². The number of unbranched alkanes of at least 4 members (excludes halogenated alkanes) is 6. The lowest BCUT2D eigenvalue weighted by atomic mass is 9.64. The molecule has 1 saturated carbocycles. The fraction of sp³-hybridized carbons (Fsp3) is 0.727. The number of hydrogen-bond donors (Lipinski definition) is 4. The summed E-state index contributed by atoms with van der Waals surface area (Å²) < 4.78 is 0. The maximum atomic E-state index is 13.9. The first-order valence-electron chi connectivity index (χ1n) is 17.0. The third kappa shape index (κ3) is 8.02. The predicted molar refractivity (Wildman–Crippen MR) is 167 cm³/mol. The van der Waals surface area contributed by atoms with Gasteiger partial charge in [0.15, 0.2) is 0 Å². The van der Waals surface area contributed by atoms with Gasteiger partial charge < -0.3 is 10.6 Å². The van der Waals surface area contributed by atoms with Gasteiger partial charge >= 0.3 is 0 Å². The molecule has 4 N–H and O–H groups in total. The Morgan fingerprint density at radius 1 is 0.826 bits per heavy atom. The summed E-state index contributed by atoms with van der Waals surface area (Å²) in [6.45, 7) is 5.94. The van der Waals surface area contributed by atoms with Crippen molar-refractivity contribution in [3.05, 3.63) is 11.6 Å². The topological polar surface area (TPSA) is 182 Å². The Morgan fingerprint density at radius 2 is 1.33 bits per heavy atom. The van der Waals surface area contributed by atoms with E-state index in [-0.39, 0.29) is 50.5 Å². The first-order valence-corrected chi connectivity index (χ1v) is 17.0. The highest BCUT2D eigenvalue weighted by Gasteiger charge is 2.67. The molecule has 1 aliphatic carbocycles. The minimum Gasteiger partial charge on any atom is -0.331 e. The normalized spacial score (nSPS) is 21.6. The van der Waals surface area contributed by atoms with Crippen LogP contribution in [0.25, 0.3) is 0 Å². The second-order valence-electron chi connectivity index (χ2n) is 12.7. The molecule has 2 aliphatic heterocycles. The van der Waals surface area contributed by atoms with E-state index in [9.17, 15) is 38.8 Å². The first-order chi connectivity index (χ1) is 22.0. The molecule has 2 heterocycles. The van der Waals surface area contributed by atoms with Crippen LogP contribution in [0.1, 0.15) is 136 Å².